The molecule has 3 atom stereocenters. The summed E-state index contributed by atoms with van der Waals surface area (Å²) in [6.45, 7) is 0.670. The fraction of sp³-hybridized carbons (Fsp3) is 0.280. The average molecular weight is 435 g/mol. The molecular weight excluding hydrogens is 408 g/mol. The molecule has 5 rings (SSSR count). The van der Waals surface area contributed by atoms with Gasteiger partial charge in [0, 0.05) is 12.8 Å². The second-order valence-electron chi connectivity index (χ2n) is 8.10. The lowest BCUT2D eigenvalue weighted by atomic mass is 9.93. The van der Waals surface area contributed by atoms with Crippen molar-refractivity contribution in [2.24, 2.45) is 0 Å². The lowest BCUT2D eigenvalue weighted by Crippen LogP contribution is -2.74. The van der Waals surface area contributed by atoms with E-state index >= 15 is 0 Å². The Kier molecular flexibility index (Phi) is 5.30. The summed E-state index contributed by atoms with van der Waals surface area (Å²) in [4.78, 5) is 0. The molecule has 0 aromatic heterocycles. The van der Waals surface area contributed by atoms with E-state index in [9.17, 15) is 10.2 Å². The summed E-state index contributed by atoms with van der Waals surface area (Å²) in [6, 6.07) is 30.5. The summed E-state index contributed by atoms with van der Waals surface area (Å²) in [5, 5.41) is 25.5. The maximum Gasteiger partial charge on any atom is 0.288 e. The third kappa shape index (κ3) is 3.27. The van der Waals surface area contributed by atoms with E-state index in [0.29, 0.717) is 19.4 Å². The van der Waals surface area contributed by atoms with E-state index in [1.165, 1.54) is 0 Å². The number of hydrogen-bond donors (Lipinski definition) is 2. The largest absolute Gasteiger partial charge is 0.395 e. The fourth-order valence-electron chi connectivity index (χ4n) is 4.63. The SMILES string of the molecule is OC1(C2(O)OCCC2O[Si](c2ccccc2)(c2ccccc2)c2ccccc2)CCO1. The van der Waals surface area contributed by atoms with Crippen LogP contribution >= 0.6 is 0 Å². The van der Waals surface area contributed by atoms with Crippen molar-refractivity contribution in [2.75, 3.05) is 13.2 Å². The summed E-state index contributed by atoms with van der Waals surface area (Å²) in [5.74, 6) is -3.67. The smallest absolute Gasteiger partial charge is 0.288 e. The Bertz CT molecular complexity index is 913. The van der Waals surface area contributed by atoms with Gasteiger partial charge in [-0.05, 0) is 15.6 Å². The van der Waals surface area contributed by atoms with Gasteiger partial charge in [0.1, 0.15) is 6.10 Å². The molecule has 0 saturated carbocycles. The van der Waals surface area contributed by atoms with Gasteiger partial charge in [-0.3, -0.25) is 0 Å². The van der Waals surface area contributed by atoms with Gasteiger partial charge in [0.2, 0.25) is 11.6 Å². The predicted molar refractivity (Wildman–Crippen MR) is 120 cm³/mol. The molecule has 2 fully saturated rings. The van der Waals surface area contributed by atoms with E-state index in [1.54, 1.807) is 0 Å². The molecule has 3 aromatic carbocycles. The maximum atomic E-state index is 11.4. The predicted octanol–water partition coefficient (Wildman–Crippen LogP) is 1.26. The van der Waals surface area contributed by atoms with E-state index in [0.717, 1.165) is 15.6 Å². The van der Waals surface area contributed by atoms with Crippen LogP contribution < -0.4 is 15.6 Å². The van der Waals surface area contributed by atoms with Crippen LogP contribution in [0.15, 0.2) is 91.0 Å². The molecule has 3 unspecified atom stereocenters. The Labute approximate surface area is 183 Å². The first-order chi connectivity index (χ1) is 15.1. The second kappa shape index (κ2) is 7.98. The standard InChI is InChI=1S/C25H26O5Si/c26-24(17-19-28-24)25(27)23(16-18-29-25)30-31(20-10-4-1-5-11-20,21-12-6-2-7-13-21)22-14-8-3-9-15-22/h1-15,23,26-27H,16-19H2. The Hall–Kier alpha value is -2.32. The zero-order valence-electron chi connectivity index (χ0n) is 17.2. The first-order valence-electron chi connectivity index (χ1n) is 10.7. The van der Waals surface area contributed by atoms with Gasteiger partial charge in [-0.1, -0.05) is 91.0 Å². The van der Waals surface area contributed by atoms with E-state index in [-0.39, 0.29) is 6.61 Å². The molecule has 0 spiro atoms. The monoisotopic (exact) mass is 434 g/mol. The quantitative estimate of drug-likeness (QED) is 0.452. The summed E-state index contributed by atoms with van der Waals surface area (Å²) < 4.78 is 18.1. The van der Waals surface area contributed by atoms with E-state index < -0.39 is 26.0 Å². The molecule has 2 saturated heterocycles. The van der Waals surface area contributed by atoms with Gasteiger partial charge in [0.25, 0.3) is 8.32 Å². The van der Waals surface area contributed by atoms with Crippen LogP contribution in [0.25, 0.3) is 0 Å². The van der Waals surface area contributed by atoms with Crippen LogP contribution in [-0.4, -0.2) is 49.4 Å². The molecule has 5 nitrogen and oxygen atoms in total. The van der Waals surface area contributed by atoms with Crippen molar-refractivity contribution >= 4 is 23.9 Å². The summed E-state index contributed by atoms with van der Waals surface area (Å²) in [6.07, 6.45) is 0.0219. The normalized spacial score (nSPS) is 28.3. The molecule has 2 aliphatic rings. The van der Waals surface area contributed by atoms with E-state index in [4.69, 9.17) is 13.9 Å². The Balaban J connectivity index is 1.69. The molecule has 0 aliphatic carbocycles. The van der Waals surface area contributed by atoms with Gasteiger partial charge >= 0.3 is 0 Å². The third-order valence-corrected chi connectivity index (χ3v) is 10.4. The second-order valence-corrected chi connectivity index (χ2v) is 11.4. The van der Waals surface area contributed by atoms with Crippen LogP contribution in [-0.2, 0) is 13.9 Å². The molecular formula is C25H26O5Si. The minimum absolute atomic E-state index is 0.287. The number of aliphatic hydroxyl groups is 2. The van der Waals surface area contributed by atoms with Crippen LogP contribution in [0.1, 0.15) is 12.8 Å². The number of benzene rings is 3. The summed E-state index contributed by atoms with van der Waals surface area (Å²) in [7, 11) is -3.05. The number of rotatable bonds is 6. The average Bonchev–Trinajstić information content (AvgIpc) is 3.19. The zero-order valence-corrected chi connectivity index (χ0v) is 18.2. The van der Waals surface area contributed by atoms with E-state index in [1.807, 2.05) is 54.6 Å². The van der Waals surface area contributed by atoms with Crippen LogP contribution in [0.3, 0.4) is 0 Å². The number of ether oxygens (including phenoxy) is 2. The highest BCUT2D eigenvalue weighted by molar-refractivity contribution is 7.07. The fourth-order valence-corrected chi connectivity index (χ4v) is 8.73. The molecule has 3 aromatic rings. The molecule has 2 heterocycles. The van der Waals surface area contributed by atoms with Crippen LogP contribution in [0.4, 0.5) is 0 Å². The molecule has 0 bridgehead atoms. The minimum Gasteiger partial charge on any atom is -0.395 e. The first kappa shape index (κ1) is 20.6. The van der Waals surface area contributed by atoms with Crippen molar-refractivity contribution in [2.45, 2.75) is 30.5 Å². The molecule has 2 N–H and O–H groups in total. The highest BCUT2D eigenvalue weighted by Crippen LogP contribution is 2.43. The molecule has 31 heavy (non-hydrogen) atoms. The van der Waals surface area contributed by atoms with Crippen molar-refractivity contribution < 1.29 is 24.1 Å². The highest BCUT2D eigenvalue weighted by atomic mass is 28.4. The first-order valence-corrected chi connectivity index (χ1v) is 12.6. The topological polar surface area (TPSA) is 68.2 Å². The van der Waals surface area contributed by atoms with Crippen LogP contribution in [0.2, 0.25) is 0 Å². The molecule has 6 heteroatoms. The van der Waals surface area contributed by atoms with Crippen molar-refractivity contribution in [1.29, 1.82) is 0 Å². The number of hydrogen-bond acceptors (Lipinski definition) is 5. The lowest BCUT2D eigenvalue weighted by molar-refractivity contribution is -0.429. The highest BCUT2D eigenvalue weighted by Gasteiger charge is 2.65. The summed E-state index contributed by atoms with van der Waals surface area (Å²) >= 11 is 0. The molecule has 2 aliphatic heterocycles. The van der Waals surface area contributed by atoms with Gasteiger partial charge in [-0.2, -0.15) is 0 Å². The minimum atomic E-state index is -3.05. The van der Waals surface area contributed by atoms with Crippen LogP contribution in [0, 0.1) is 0 Å². The van der Waals surface area contributed by atoms with Crippen molar-refractivity contribution in [3.8, 4) is 0 Å². The van der Waals surface area contributed by atoms with Gasteiger partial charge in [0.05, 0.1) is 13.2 Å². The Morgan fingerprint density at radius 2 is 1.16 bits per heavy atom. The Morgan fingerprint density at radius 3 is 1.55 bits per heavy atom. The Morgan fingerprint density at radius 1 is 0.710 bits per heavy atom. The zero-order chi connectivity index (χ0) is 21.4. The van der Waals surface area contributed by atoms with Gasteiger partial charge in [-0.15, -0.1) is 0 Å². The van der Waals surface area contributed by atoms with Gasteiger partial charge in [-0.25, -0.2) is 0 Å². The molecule has 160 valence electrons. The summed E-state index contributed by atoms with van der Waals surface area (Å²) in [5.41, 5.74) is 0. The molecule has 0 radical (unpaired) electrons. The van der Waals surface area contributed by atoms with Crippen molar-refractivity contribution in [3.63, 3.8) is 0 Å². The van der Waals surface area contributed by atoms with E-state index in [2.05, 4.69) is 36.4 Å². The van der Waals surface area contributed by atoms with Crippen molar-refractivity contribution in [1.82, 2.24) is 0 Å². The van der Waals surface area contributed by atoms with Crippen LogP contribution in [0.5, 0.6) is 0 Å². The molecule has 0 amide bonds. The van der Waals surface area contributed by atoms with Gasteiger partial charge in [0.15, 0.2) is 0 Å². The van der Waals surface area contributed by atoms with Crippen molar-refractivity contribution in [3.05, 3.63) is 91.0 Å². The van der Waals surface area contributed by atoms with Gasteiger partial charge < -0.3 is 24.1 Å². The third-order valence-electron chi connectivity index (χ3n) is 6.34. The maximum absolute atomic E-state index is 11.4. The lowest BCUT2D eigenvalue weighted by Gasteiger charge is -2.49.